The summed E-state index contributed by atoms with van der Waals surface area (Å²) >= 11 is 0. The number of rotatable bonds is 6. The molecule has 17 heavy (non-hydrogen) atoms. The zero-order chi connectivity index (χ0) is 12.7. The van der Waals surface area contributed by atoms with E-state index in [1.807, 2.05) is 6.07 Å². The minimum Gasteiger partial charge on any atom is -0.493 e. The molecule has 0 aliphatic carbocycles. The number of nitriles is 1. The molecule has 1 aromatic rings. The van der Waals surface area contributed by atoms with Crippen molar-refractivity contribution in [3.05, 3.63) is 18.2 Å². The summed E-state index contributed by atoms with van der Waals surface area (Å²) in [5, 5.41) is 17.8. The Hall–Kier alpha value is -1.93. The normalized spacial score (nSPS) is 11.4. The van der Waals surface area contributed by atoms with Gasteiger partial charge >= 0.3 is 0 Å². The smallest absolute Gasteiger partial charge is 0.203 e. The molecule has 0 aromatic heterocycles. The van der Waals surface area contributed by atoms with Gasteiger partial charge in [0.15, 0.2) is 11.5 Å². The molecule has 0 radical (unpaired) electrons. The van der Waals surface area contributed by atoms with Crippen LogP contribution in [0, 0.1) is 11.3 Å². The number of para-hydroxylation sites is 1. The van der Waals surface area contributed by atoms with Crippen LogP contribution in [0.5, 0.6) is 17.2 Å². The van der Waals surface area contributed by atoms with Crippen LogP contribution in [0.4, 0.5) is 0 Å². The Balaban J connectivity index is 2.74. The minimum atomic E-state index is -0.809. The second kappa shape index (κ2) is 6.61. The molecule has 5 nitrogen and oxygen atoms in total. The first kappa shape index (κ1) is 13.1. The summed E-state index contributed by atoms with van der Waals surface area (Å²) in [6.07, 6.45) is -0.775. The third kappa shape index (κ3) is 3.54. The van der Waals surface area contributed by atoms with Crippen LogP contribution in [0.2, 0.25) is 0 Å². The third-order valence-electron chi connectivity index (χ3n) is 2.12. The summed E-state index contributed by atoms with van der Waals surface area (Å²) in [5.41, 5.74) is 0. The number of hydrogen-bond acceptors (Lipinski definition) is 5. The Morgan fingerprint density at radius 3 is 2.59 bits per heavy atom. The highest BCUT2D eigenvalue weighted by atomic mass is 16.5. The van der Waals surface area contributed by atoms with Crippen LogP contribution < -0.4 is 14.2 Å². The van der Waals surface area contributed by atoms with E-state index in [9.17, 15) is 5.11 Å². The fourth-order valence-electron chi connectivity index (χ4n) is 1.32. The van der Waals surface area contributed by atoms with E-state index in [4.69, 9.17) is 19.5 Å². The quantitative estimate of drug-likeness (QED) is 0.808. The van der Waals surface area contributed by atoms with E-state index in [2.05, 4.69) is 0 Å². The van der Waals surface area contributed by atoms with E-state index < -0.39 is 6.10 Å². The highest BCUT2D eigenvalue weighted by molar-refractivity contribution is 5.51. The molecule has 0 amide bonds. The number of hydrogen-bond donors (Lipinski definition) is 1. The van der Waals surface area contributed by atoms with Crippen LogP contribution in [0.15, 0.2) is 18.2 Å². The van der Waals surface area contributed by atoms with E-state index in [1.165, 1.54) is 14.2 Å². The fraction of sp³-hybridized carbons (Fsp3) is 0.417. The number of aliphatic hydroxyl groups excluding tert-OH is 1. The standard InChI is InChI=1S/C12H15NO4/c1-15-10-4-3-5-11(12(10)16-2)17-8-9(14)6-7-13/h3-5,9,14H,6,8H2,1-2H3. The van der Waals surface area contributed by atoms with E-state index >= 15 is 0 Å². The molecular weight excluding hydrogens is 222 g/mol. The van der Waals surface area contributed by atoms with E-state index in [-0.39, 0.29) is 13.0 Å². The molecule has 1 rings (SSSR count). The van der Waals surface area contributed by atoms with Crippen LogP contribution in [0.1, 0.15) is 6.42 Å². The molecule has 0 heterocycles. The van der Waals surface area contributed by atoms with Crippen LogP contribution in [0.3, 0.4) is 0 Å². The van der Waals surface area contributed by atoms with Crippen molar-refractivity contribution in [2.75, 3.05) is 20.8 Å². The maximum absolute atomic E-state index is 9.38. The maximum atomic E-state index is 9.38. The van der Waals surface area contributed by atoms with Gasteiger partial charge in [0, 0.05) is 0 Å². The van der Waals surface area contributed by atoms with Crippen molar-refractivity contribution in [2.24, 2.45) is 0 Å². The first-order valence-corrected chi connectivity index (χ1v) is 5.11. The predicted molar refractivity (Wildman–Crippen MR) is 61.3 cm³/mol. The monoisotopic (exact) mass is 237 g/mol. The number of ether oxygens (including phenoxy) is 3. The highest BCUT2D eigenvalue weighted by Crippen LogP contribution is 2.36. The van der Waals surface area contributed by atoms with Crippen molar-refractivity contribution in [1.29, 1.82) is 5.26 Å². The summed E-state index contributed by atoms with van der Waals surface area (Å²) in [5.74, 6) is 1.50. The van der Waals surface area contributed by atoms with Gasteiger partial charge in [-0.2, -0.15) is 5.26 Å². The van der Waals surface area contributed by atoms with Crippen molar-refractivity contribution in [3.8, 4) is 23.3 Å². The van der Waals surface area contributed by atoms with Crippen LogP contribution in [-0.2, 0) is 0 Å². The van der Waals surface area contributed by atoms with Gasteiger partial charge in [0.05, 0.1) is 26.7 Å². The highest BCUT2D eigenvalue weighted by Gasteiger charge is 2.12. The van der Waals surface area contributed by atoms with Crippen molar-refractivity contribution < 1.29 is 19.3 Å². The summed E-state index contributed by atoms with van der Waals surface area (Å²) in [4.78, 5) is 0. The summed E-state index contributed by atoms with van der Waals surface area (Å²) in [7, 11) is 3.04. The molecule has 5 heteroatoms. The molecule has 1 atom stereocenters. The molecular formula is C12H15NO4. The summed E-state index contributed by atoms with van der Waals surface area (Å²) in [6, 6.07) is 7.08. The third-order valence-corrected chi connectivity index (χ3v) is 2.12. The van der Waals surface area contributed by atoms with Crippen molar-refractivity contribution in [2.45, 2.75) is 12.5 Å². The van der Waals surface area contributed by atoms with Crippen LogP contribution >= 0.6 is 0 Å². The van der Waals surface area contributed by atoms with Gasteiger partial charge in [0.25, 0.3) is 0 Å². The Bertz CT molecular complexity index is 400. The molecule has 1 aromatic carbocycles. The first-order valence-electron chi connectivity index (χ1n) is 5.11. The van der Waals surface area contributed by atoms with Crippen molar-refractivity contribution in [1.82, 2.24) is 0 Å². The van der Waals surface area contributed by atoms with E-state index in [1.54, 1.807) is 18.2 Å². The Labute approximate surface area is 100 Å². The number of methoxy groups -OCH3 is 2. The zero-order valence-corrected chi connectivity index (χ0v) is 9.84. The largest absolute Gasteiger partial charge is 0.493 e. The SMILES string of the molecule is COc1cccc(OCC(O)CC#N)c1OC. The average Bonchev–Trinajstić information content (AvgIpc) is 2.36. The fourth-order valence-corrected chi connectivity index (χ4v) is 1.32. The minimum absolute atomic E-state index is 0.0340. The van der Waals surface area contributed by atoms with Gasteiger partial charge in [0.1, 0.15) is 12.7 Å². The summed E-state index contributed by atoms with van der Waals surface area (Å²) in [6.45, 7) is 0.0388. The first-order chi connectivity index (χ1) is 8.22. The molecule has 0 aliphatic heterocycles. The molecule has 1 unspecified atom stereocenters. The second-order valence-electron chi connectivity index (χ2n) is 3.32. The van der Waals surface area contributed by atoms with Gasteiger partial charge < -0.3 is 19.3 Å². The predicted octanol–water partition coefficient (Wildman–Crippen LogP) is 1.36. The molecule has 0 saturated carbocycles. The van der Waals surface area contributed by atoms with Gasteiger partial charge in [-0.3, -0.25) is 0 Å². The van der Waals surface area contributed by atoms with Gasteiger partial charge in [-0.1, -0.05) is 6.07 Å². The van der Waals surface area contributed by atoms with Crippen LogP contribution in [0.25, 0.3) is 0 Å². The van der Waals surface area contributed by atoms with E-state index in [0.29, 0.717) is 17.2 Å². The number of aliphatic hydroxyl groups is 1. The summed E-state index contributed by atoms with van der Waals surface area (Å²) < 4.78 is 15.7. The molecule has 0 saturated heterocycles. The molecule has 0 bridgehead atoms. The van der Waals surface area contributed by atoms with E-state index in [0.717, 1.165) is 0 Å². The van der Waals surface area contributed by atoms with Gasteiger partial charge in [-0.15, -0.1) is 0 Å². The number of nitrogens with zero attached hydrogens (tertiary/aromatic N) is 1. The lowest BCUT2D eigenvalue weighted by molar-refractivity contribution is 0.109. The van der Waals surface area contributed by atoms with Crippen molar-refractivity contribution in [3.63, 3.8) is 0 Å². The molecule has 0 fully saturated rings. The maximum Gasteiger partial charge on any atom is 0.203 e. The average molecular weight is 237 g/mol. The Morgan fingerprint density at radius 1 is 1.29 bits per heavy atom. The number of benzene rings is 1. The topological polar surface area (TPSA) is 71.7 Å². The molecule has 0 aliphatic rings. The lowest BCUT2D eigenvalue weighted by atomic mass is 10.2. The lowest BCUT2D eigenvalue weighted by Crippen LogP contribution is -2.16. The van der Waals surface area contributed by atoms with Gasteiger partial charge in [-0.25, -0.2) is 0 Å². The Kier molecular flexibility index (Phi) is 5.11. The molecule has 0 spiro atoms. The zero-order valence-electron chi connectivity index (χ0n) is 9.84. The van der Waals surface area contributed by atoms with Crippen molar-refractivity contribution >= 4 is 0 Å². The molecule has 92 valence electrons. The van der Waals surface area contributed by atoms with Gasteiger partial charge in [-0.05, 0) is 12.1 Å². The lowest BCUT2D eigenvalue weighted by Gasteiger charge is -2.14. The van der Waals surface area contributed by atoms with Gasteiger partial charge in [0.2, 0.25) is 5.75 Å². The Morgan fingerprint density at radius 2 is 2.00 bits per heavy atom. The van der Waals surface area contributed by atoms with Crippen LogP contribution in [-0.4, -0.2) is 32.0 Å². The molecule has 1 N–H and O–H groups in total. The second-order valence-corrected chi connectivity index (χ2v) is 3.32.